The van der Waals surface area contributed by atoms with E-state index in [2.05, 4.69) is 20.3 Å². The highest BCUT2D eigenvalue weighted by molar-refractivity contribution is 7.13. The number of amides is 1. The number of nitrogens with zero attached hydrogens (tertiary/aromatic N) is 5. The molecule has 3 heterocycles. The average Bonchev–Trinajstić information content (AvgIpc) is 3.41. The molecule has 0 aliphatic rings. The van der Waals surface area contributed by atoms with E-state index in [1.807, 2.05) is 31.3 Å². The largest absolute Gasteiger partial charge is 0.298 e. The van der Waals surface area contributed by atoms with Crippen molar-refractivity contribution in [3.05, 3.63) is 82.4 Å². The number of carbonyl (C=O) groups excluding carboxylic acids is 1. The normalized spacial score (nSPS) is 11.1. The van der Waals surface area contributed by atoms with E-state index in [0.29, 0.717) is 21.8 Å². The Morgan fingerprint density at radius 1 is 0.906 bits per heavy atom. The van der Waals surface area contributed by atoms with Gasteiger partial charge >= 0.3 is 0 Å². The fourth-order valence-corrected chi connectivity index (χ4v) is 4.21. The molecule has 158 valence electrons. The van der Waals surface area contributed by atoms with E-state index in [4.69, 9.17) is 0 Å². The van der Waals surface area contributed by atoms with Crippen molar-refractivity contribution in [1.82, 2.24) is 24.3 Å². The molecular formula is C23H18N6O2S. The van der Waals surface area contributed by atoms with Gasteiger partial charge in [-0.1, -0.05) is 18.2 Å². The second kappa shape index (κ2) is 7.86. The standard InChI is InChI=1S/C23H18N6O2S/c1-28-20(15-6-7-17-18(13-15)25-9-8-24-17)19(22(31)29(28)2)14-4-3-5-16(12-14)21(30)27-23-26-10-11-32-23/h3-13H,1-2H3,(H,26,27,30). The fourth-order valence-electron chi connectivity index (χ4n) is 3.68. The van der Waals surface area contributed by atoms with Gasteiger partial charge in [-0.15, -0.1) is 11.3 Å². The Balaban J connectivity index is 1.63. The molecule has 1 N–H and O–H groups in total. The SMILES string of the molecule is Cn1c(-c2ccc3nccnc3c2)c(-c2cccc(C(=O)Nc3nccs3)c2)c(=O)n1C. The van der Waals surface area contributed by atoms with Crippen molar-refractivity contribution in [1.29, 1.82) is 0 Å². The number of rotatable bonds is 4. The van der Waals surface area contributed by atoms with Crippen LogP contribution in [0.3, 0.4) is 0 Å². The van der Waals surface area contributed by atoms with Crippen molar-refractivity contribution in [3.8, 4) is 22.4 Å². The van der Waals surface area contributed by atoms with Gasteiger partial charge in [0.1, 0.15) is 0 Å². The summed E-state index contributed by atoms with van der Waals surface area (Å²) in [4.78, 5) is 38.7. The molecule has 8 nitrogen and oxygen atoms in total. The minimum absolute atomic E-state index is 0.153. The molecule has 1 amide bonds. The van der Waals surface area contributed by atoms with Crippen LogP contribution in [0, 0.1) is 0 Å². The molecule has 0 aliphatic carbocycles. The van der Waals surface area contributed by atoms with E-state index in [1.54, 1.807) is 58.6 Å². The number of carbonyl (C=O) groups is 1. The molecule has 32 heavy (non-hydrogen) atoms. The minimum Gasteiger partial charge on any atom is -0.298 e. The number of fused-ring (bicyclic) bond motifs is 1. The first-order valence-corrected chi connectivity index (χ1v) is 10.7. The first kappa shape index (κ1) is 19.8. The highest BCUT2D eigenvalue weighted by Crippen LogP contribution is 2.31. The summed E-state index contributed by atoms with van der Waals surface area (Å²) in [6.45, 7) is 0. The molecule has 9 heteroatoms. The van der Waals surface area contributed by atoms with E-state index in [0.717, 1.165) is 22.3 Å². The van der Waals surface area contributed by atoms with Crippen LogP contribution in [0.4, 0.5) is 5.13 Å². The maximum atomic E-state index is 13.2. The molecule has 0 atom stereocenters. The molecule has 0 saturated heterocycles. The fraction of sp³-hybridized carbons (Fsp3) is 0.0870. The highest BCUT2D eigenvalue weighted by atomic mass is 32.1. The number of thiazole rings is 1. The summed E-state index contributed by atoms with van der Waals surface area (Å²) in [6.07, 6.45) is 4.92. The zero-order valence-corrected chi connectivity index (χ0v) is 18.1. The first-order chi connectivity index (χ1) is 15.5. The number of hydrogen-bond acceptors (Lipinski definition) is 6. The van der Waals surface area contributed by atoms with Crippen LogP contribution in [-0.4, -0.2) is 30.2 Å². The molecular weight excluding hydrogens is 424 g/mol. The van der Waals surface area contributed by atoms with Crippen LogP contribution < -0.4 is 10.9 Å². The van der Waals surface area contributed by atoms with Gasteiger partial charge in [-0.2, -0.15) is 0 Å². The maximum absolute atomic E-state index is 13.2. The summed E-state index contributed by atoms with van der Waals surface area (Å²) in [5.41, 5.74) is 4.56. The third kappa shape index (κ3) is 3.38. The van der Waals surface area contributed by atoms with Gasteiger partial charge < -0.3 is 0 Å². The van der Waals surface area contributed by atoms with Crippen molar-refractivity contribution in [2.24, 2.45) is 14.1 Å². The average molecular weight is 443 g/mol. The molecule has 0 spiro atoms. The van der Waals surface area contributed by atoms with E-state index in [9.17, 15) is 9.59 Å². The predicted octanol–water partition coefficient (Wildman–Crippen LogP) is 3.71. The monoisotopic (exact) mass is 442 g/mol. The number of nitrogens with one attached hydrogen (secondary N) is 1. The Morgan fingerprint density at radius 2 is 1.72 bits per heavy atom. The Hall–Kier alpha value is -4.11. The maximum Gasteiger partial charge on any atom is 0.274 e. The highest BCUT2D eigenvalue weighted by Gasteiger charge is 2.21. The van der Waals surface area contributed by atoms with Crippen LogP contribution in [0.2, 0.25) is 0 Å². The van der Waals surface area contributed by atoms with Gasteiger partial charge in [0.05, 0.1) is 22.3 Å². The Kier molecular flexibility index (Phi) is 4.87. The van der Waals surface area contributed by atoms with Gasteiger partial charge in [0.25, 0.3) is 11.5 Å². The summed E-state index contributed by atoms with van der Waals surface area (Å²) >= 11 is 1.34. The first-order valence-electron chi connectivity index (χ1n) is 9.81. The summed E-state index contributed by atoms with van der Waals surface area (Å²) < 4.78 is 3.35. The predicted molar refractivity (Wildman–Crippen MR) is 125 cm³/mol. The van der Waals surface area contributed by atoms with Crippen molar-refractivity contribution in [2.45, 2.75) is 0 Å². The molecule has 0 unspecified atom stereocenters. The molecule has 0 radical (unpaired) electrons. The lowest BCUT2D eigenvalue weighted by Gasteiger charge is -2.10. The summed E-state index contributed by atoms with van der Waals surface area (Å²) in [5, 5.41) is 5.09. The third-order valence-electron chi connectivity index (χ3n) is 5.33. The van der Waals surface area contributed by atoms with E-state index in [-0.39, 0.29) is 11.5 Å². The topological polar surface area (TPSA) is 94.7 Å². The number of hydrogen-bond donors (Lipinski definition) is 1. The summed E-state index contributed by atoms with van der Waals surface area (Å²) in [5.74, 6) is -0.280. The Bertz CT molecular complexity index is 1520. The second-order valence-electron chi connectivity index (χ2n) is 7.21. The van der Waals surface area contributed by atoms with Gasteiger partial charge in [-0.3, -0.25) is 34.2 Å². The van der Waals surface area contributed by atoms with Crippen molar-refractivity contribution < 1.29 is 4.79 Å². The second-order valence-corrected chi connectivity index (χ2v) is 8.10. The van der Waals surface area contributed by atoms with Gasteiger partial charge in [-0.05, 0) is 29.8 Å². The number of aromatic nitrogens is 5. The van der Waals surface area contributed by atoms with E-state index >= 15 is 0 Å². The van der Waals surface area contributed by atoms with Crippen molar-refractivity contribution >= 4 is 33.4 Å². The van der Waals surface area contributed by atoms with Crippen LogP contribution in [0.1, 0.15) is 10.4 Å². The lowest BCUT2D eigenvalue weighted by molar-refractivity contribution is 0.102. The number of anilines is 1. The van der Waals surface area contributed by atoms with Crippen LogP contribution in [0.25, 0.3) is 33.4 Å². The van der Waals surface area contributed by atoms with Crippen molar-refractivity contribution in [2.75, 3.05) is 5.32 Å². The molecule has 0 bridgehead atoms. The van der Waals surface area contributed by atoms with Crippen molar-refractivity contribution in [3.63, 3.8) is 0 Å². The molecule has 3 aromatic heterocycles. The van der Waals surface area contributed by atoms with Gasteiger partial charge in [0, 0.05) is 49.2 Å². The van der Waals surface area contributed by atoms with Gasteiger partial charge in [-0.25, -0.2) is 4.98 Å². The quantitative estimate of drug-likeness (QED) is 0.458. The zero-order chi connectivity index (χ0) is 22.2. The van der Waals surface area contributed by atoms with Gasteiger partial charge in [0.2, 0.25) is 0 Å². The lowest BCUT2D eigenvalue weighted by atomic mass is 9.99. The molecule has 2 aromatic carbocycles. The van der Waals surface area contributed by atoms with Crippen LogP contribution in [0.5, 0.6) is 0 Å². The minimum atomic E-state index is -0.280. The molecule has 5 rings (SSSR count). The lowest BCUT2D eigenvalue weighted by Crippen LogP contribution is -2.17. The molecule has 0 saturated carbocycles. The summed E-state index contributed by atoms with van der Waals surface area (Å²) in [6, 6.07) is 12.8. The van der Waals surface area contributed by atoms with Crippen LogP contribution >= 0.6 is 11.3 Å². The van der Waals surface area contributed by atoms with Gasteiger partial charge in [0.15, 0.2) is 5.13 Å². The van der Waals surface area contributed by atoms with E-state index < -0.39 is 0 Å². The number of benzene rings is 2. The zero-order valence-electron chi connectivity index (χ0n) is 17.3. The third-order valence-corrected chi connectivity index (χ3v) is 6.02. The van der Waals surface area contributed by atoms with Crippen LogP contribution in [0.15, 0.2) is 71.2 Å². The molecule has 5 aromatic rings. The Labute approximate surface area is 186 Å². The molecule has 0 fully saturated rings. The van der Waals surface area contributed by atoms with Crippen LogP contribution in [-0.2, 0) is 14.1 Å². The van der Waals surface area contributed by atoms with E-state index in [1.165, 1.54) is 11.3 Å². The molecule has 0 aliphatic heterocycles. The summed E-state index contributed by atoms with van der Waals surface area (Å²) in [7, 11) is 3.55. The smallest absolute Gasteiger partial charge is 0.274 e. The Morgan fingerprint density at radius 3 is 2.50 bits per heavy atom.